The fourth-order valence-electron chi connectivity index (χ4n) is 3.93. The number of rotatable bonds is 7. The number of amides is 3. The fraction of sp³-hybridized carbons (Fsp3) is 0.600. The second-order valence-electron chi connectivity index (χ2n) is 7.54. The van der Waals surface area contributed by atoms with E-state index in [-0.39, 0.29) is 23.5 Å². The van der Waals surface area contributed by atoms with Crippen LogP contribution in [-0.4, -0.2) is 48.7 Å². The summed E-state index contributed by atoms with van der Waals surface area (Å²) in [5.41, 5.74) is 0.700. The Morgan fingerprint density at radius 1 is 1.37 bits per heavy atom. The number of benzene rings is 1. The topological polar surface area (TPSA) is 70.7 Å². The van der Waals surface area contributed by atoms with E-state index in [9.17, 15) is 9.59 Å². The van der Waals surface area contributed by atoms with E-state index in [2.05, 4.69) is 17.6 Å². The number of nitrogens with zero attached hydrogens (tertiary/aromatic N) is 1. The van der Waals surface area contributed by atoms with Crippen molar-refractivity contribution in [1.82, 2.24) is 10.2 Å². The average Bonchev–Trinajstić information content (AvgIpc) is 3.35. The standard InChI is InChI=1S/C20H28ClN3O3/c1-3-9-20(13-27-2)10-4-11-24(20)19(26)23-15-7-8-17(21)16(12-15)18(25)22-14-5-6-14/h7-8,12,14H,3-6,9-11,13H2,1-2H3,(H,22,25)(H,23,26). The van der Waals surface area contributed by atoms with Gasteiger partial charge >= 0.3 is 6.03 Å². The minimum absolute atomic E-state index is 0.158. The van der Waals surface area contributed by atoms with Crippen LogP contribution in [0.1, 0.15) is 55.8 Å². The molecule has 0 radical (unpaired) electrons. The van der Waals surface area contributed by atoms with Crippen LogP contribution in [-0.2, 0) is 4.74 Å². The molecule has 6 nitrogen and oxygen atoms in total. The Kier molecular flexibility index (Phi) is 6.27. The number of methoxy groups -OCH3 is 1. The molecule has 1 atom stereocenters. The first-order valence-electron chi connectivity index (χ1n) is 9.67. The van der Waals surface area contributed by atoms with Gasteiger partial charge in [-0.25, -0.2) is 4.79 Å². The molecule has 1 aromatic carbocycles. The van der Waals surface area contributed by atoms with Crippen LogP contribution < -0.4 is 10.6 Å². The first-order chi connectivity index (χ1) is 13.0. The van der Waals surface area contributed by atoms with Crippen molar-refractivity contribution in [1.29, 1.82) is 0 Å². The van der Waals surface area contributed by atoms with Gasteiger partial charge in [-0.05, 0) is 50.3 Å². The van der Waals surface area contributed by atoms with Gasteiger partial charge in [-0.2, -0.15) is 0 Å². The number of carbonyl (C=O) groups is 2. The summed E-state index contributed by atoms with van der Waals surface area (Å²) < 4.78 is 5.43. The molecule has 1 unspecified atom stereocenters. The molecule has 1 saturated carbocycles. The van der Waals surface area contributed by atoms with Gasteiger partial charge in [0.2, 0.25) is 0 Å². The summed E-state index contributed by atoms with van der Waals surface area (Å²) in [6.45, 7) is 3.36. The van der Waals surface area contributed by atoms with Crippen LogP contribution >= 0.6 is 11.6 Å². The van der Waals surface area contributed by atoms with Crippen LogP contribution in [0.2, 0.25) is 5.02 Å². The zero-order valence-electron chi connectivity index (χ0n) is 16.0. The van der Waals surface area contributed by atoms with Crippen LogP contribution in [0.4, 0.5) is 10.5 Å². The maximum Gasteiger partial charge on any atom is 0.322 e. The van der Waals surface area contributed by atoms with Crippen molar-refractivity contribution < 1.29 is 14.3 Å². The third-order valence-electron chi connectivity index (χ3n) is 5.34. The number of urea groups is 1. The Morgan fingerprint density at radius 2 is 2.15 bits per heavy atom. The Bertz CT molecular complexity index is 700. The second-order valence-corrected chi connectivity index (χ2v) is 7.94. The summed E-state index contributed by atoms with van der Waals surface area (Å²) in [5.74, 6) is -0.195. The van der Waals surface area contributed by atoms with Crippen molar-refractivity contribution in [3.8, 4) is 0 Å². The molecule has 0 aromatic heterocycles. The van der Waals surface area contributed by atoms with Gasteiger partial charge in [-0.1, -0.05) is 24.9 Å². The summed E-state index contributed by atoms with van der Waals surface area (Å²) in [6.07, 6.45) is 5.81. The molecule has 3 rings (SSSR count). The van der Waals surface area contributed by atoms with Gasteiger partial charge in [0.1, 0.15) is 0 Å². The molecule has 3 amide bonds. The highest BCUT2D eigenvalue weighted by molar-refractivity contribution is 6.34. The number of ether oxygens (including phenoxy) is 1. The molecule has 27 heavy (non-hydrogen) atoms. The van der Waals surface area contributed by atoms with Gasteiger partial charge in [0, 0.05) is 25.4 Å². The lowest BCUT2D eigenvalue weighted by molar-refractivity contribution is 0.0540. The largest absolute Gasteiger partial charge is 0.382 e. The smallest absolute Gasteiger partial charge is 0.322 e. The lowest BCUT2D eigenvalue weighted by Gasteiger charge is -2.38. The highest BCUT2D eigenvalue weighted by Crippen LogP contribution is 2.34. The van der Waals surface area contributed by atoms with Crippen molar-refractivity contribution in [2.75, 3.05) is 25.6 Å². The molecular weight excluding hydrogens is 366 g/mol. The number of halogens is 1. The SMILES string of the molecule is CCCC1(COC)CCCN1C(=O)Nc1ccc(Cl)c(C(=O)NC2CC2)c1. The van der Waals surface area contributed by atoms with Crippen LogP contribution in [0, 0.1) is 0 Å². The summed E-state index contributed by atoms with van der Waals surface area (Å²) in [4.78, 5) is 27.2. The molecular formula is C20H28ClN3O3. The highest BCUT2D eigenvalue weighted by Gasteiger charge is 2.43. The summed E-state index contributed by atoms with van der Waals surface area (Å²) in [5, 5.41) is 6.25. The van der Waals surface area contributed by atoms with Crippen molar-refractivity contribution in [3.05, 3.63) is 28.8 Å². The lowest BCUT2D eigenvalue weighted by Crippen LogP contribution is -2.51. The fourth-order valence-corrected chi connectivity index (χ4v) is 4.13. The van der Waals surface area contributed by atoms with Crippen LogP contribution in [0.15, 0.2) is 18.2 Å². The van der Waals surface area contributed by atoms with Crippen molar-refractivity contribution in [3.63, 3.8) is 0 Å². The predicted octanol–water partition coefficient (Wildman–Crippen LogP) is 4.05. The molecule has 2 fully saturated rings. The minimum Gasteiger partial charge on any atom is -0.382 e. The number of hydrogen-bond donors (Lipinski definition) is 2. The van der Waals surface area contributed by atoms with Crippen molar-refractivity contribution in [2.45, 2.75) is 57.0 Å². The Balaban J connectivity index is 1.74. The summed E-state index contributed by atoms with van der Waals surface area (Å²) in [7, 11) is 1.68. The molecule has 1 aliphatic carbocycles. The van der Waals surface area contributed by atoms with Crippen LogP contribution in [0.25, 0.3) is 0 Å². The molecule has 0 bridgehead atoms. The quantitative estimate of drug-likeness (QED) is 0.734. The Labute approximate surface area is 165 Å². The van der Waals surface area contributed by atoms with E-state index in [4.69, 9.17) is 16.3 Å². The van der Waals surface area contributed by atoms with E-state index in [1.807, 2.05) is 4.90 Å². The van der Waals surface area contributed by atoms with Gasteiger partial charge in [-0.3, -0.25) is 4.79 Å². The first-order valence-corrected chi connectivity index (χ1v) is 10.0. The predicted molar refractivity (Wildman–Crippen MR) is 106 cm³/mol. The highest BCUT2D eigenvalue weighted by atomic mass is 35.5. The van der Waals surface area contributed by atoms with Gasteiger partial charge in [0.25, 0.3) is 5.91 Å². The molecule has 0 spiro atoms. The van der Waals surface area contributed by atoms with E-state index in [0.29, 0.717) is 29.4 Å². The number of anilines is 1. The number of likely N-dealkylation sites (tertiary alicyclic amines) is 1. The van der Waals surface area contributed by atoms with E-state index < -0.39 is 0 Å². The molecule has 1 aromatic rings. The minimum atomic E-state index is -0.258. The molecule has 148 valence electrons. The molecule has 1 aliphatic heterocycles. The third kappa shape index (κ3) is 4.55. The average molecular weight is 394 g/mol. The van der Waals surface area contributed by atoms with E-state index in [0.717, 1.165) is 38.5 Å². The van der Waals surface area contributed by atoms with Crippen molar-refractivity contribution in [2.24, 2.45) is 0 Å². The number of nitrogens with one attached hydrogen (secondary N) is 2. The number of hydrogen-bond acceptors (Lipinski definition) is 3. The third-order valence-corrected chi connectivity index (χ3v) is 5.67. The number of carbonyl (C=O) groups excluding carboxylic acids is 2. The summed E-state index contributed by atoms with van der Waals surface area (Å²) >= 11 is 6.19. The molecule has 2 N–H and O–H groups in total. The molecule has 2 aliphatic rings. The zero-order valence-corrected chi connectivity index (χ0v) is 16.8. The monoisotopic (exact) mass is 393 g/mol. The maximum absolute atomic E-state index is 13.0. The van der Waals surface area contributed by atoms with Gasteiger partial charge in [0.05, 0.1) is 22.7 Å². The lowest BCUT2D eigenvalue weighted by atomic mass is 9.91. The normalized spacial score (nSPS) is 22.0. The zero-order chi connectivity index (χ0) is 19.4. The second kappa shape index (κ2) is 8.48. The van der Waals surface area contributed by atoms with Crippen molar-refractivity contribution >= 4 is 29.2 Å². The molecule has 1 heterocycles. The van der Waals surface area contributed by atoms with Crippen LogP contribution in [0.3, 0.4) is 0 Å². The first kappa shape index (κ1) is 20.0. The van der Waals surface area contributed by atoms with Gasteiger partial charge in [0.15, 0.2) is 0 Å². The summed E-state index contributed by atoms with van der Waals surface area (Å²) in [6, 6.07) is 5.11. The molecule has 1 saturated heterocycles. The Hall–Kier alpha value is -1.79. The van der Waals surface area contributed by atoms with E-state index in [1.54, 1.807) is 25.3 Å². The van der Waals surface area contributed by atoms with Crippen LogP contribution in [0.5, 0.6) is 0 Å². The Morgan fingerprint density at radius 3 is 2.81 bits per heavy atom. The van der Waals surface area contributed by atoms with E-state index in [1.165, 1.54) is 0 Å². The van der Waals surface area contributed by atoms with Gasteiger partial charge in [-0.15, -0.1) is 0 Å². The maximum atomic E-state index is 13.0. The molecule has 7 heteroatoms. The van der Waals surface area contributed by atoms with E-state index >= 15 is 0 Å². The van der Waals surface area contributed by atoms with Gasteiger partial charge < -0.3 is 20.3 Å².